The highest BCUT2D eigenvalue weighted by molar-refractivity contribution is 7.27. The first-order valence-corrected chi connectivity index (χ1v) is 12.9. The summed E-state index contributed by atoms with van der Waals surface area (Å²) in [5.41, 5.74) is 5.68. The molecular weight excluding hydrogens is 450 g/mol. The predicted octanol–water partition coefficient (Wildman–Crippen LogP) is 8.62. The number of benzene rings is 3. The van der Waals surface area contributed by atoms with Gasteiger partial charge in [-0.15, -0.1) is 0 Å². The van der Waals surface area contributed by atoms with Gasteiger partial charge in [-0.2, -0.15) is 0 Å². The van der Waals surface area contributed by atoms with Crippen molar-refractivity contribution in [3.05, 3.63) is 88.5 Å². The second-order valence-electron chi connectivity index (χ2n) is 8.76. The maximum atomic E-state index is 6.01. The van der Waals surface area contributed by atoms with Crippen LogP contribution >= 0.6 is 18.1 Å². The van der Waals surface area contributed by atoms with Gasteiger partial charge in [-0.05, 0) is 66.1 Å². The first kappa shape index (κ1) is 25.5. The molecule has 6 heteroatoms. The van der Waals surface area contributed by atoms with Crippen molar-refractivity contribution < 1.29 is 18.1 Å². The van der Waals surface area contributed by atoms with Crippen LogP contribution in [0.15, 0.2) is 60.7 Å². The average Bonchev–Trinajstić information content (AvgIpc) is 2.77. The Hall–Kier alpha value is -2.12. The molecule has 0 spiro atoms. The van der Waals surface area contributed by atoms with Gasteiger partial charge in [0.2, 0.25) is 9.03 Å². The van der Waals surface area contributed by atoms with Crippen molar-refractivity contribution >= 4 is 18.1 Å². The van der Waals surface area contributed by atoms with Gasteiger partial charge in [-0.1, -0.05) is 70.2 Å². The fourth-order valence-electron chi connectivity index (χ4n) is 3.43. The molecule has 0 bridgehead atoms. The quantitative estimate of drug-likeness (QED) is 0.202. The number of para-hydroxylation sites is 1. The van der Waals surface area contributed by atoms with Crippen LogP contribution in [0.3, 0.4) is 0 Å². The number of aryl methyl sites for hydroxylation is 2. The van der Waals surface area contributed by atoms with Gasteiger partial charge in [0.05, 0.1) is 6.61 Å². The summed E-state index contributed by atoms with van der Waals surface area (Å²) < 4.78 is 23.8. The topological polar surface area (TPSA) is 36.9 Å². The SMILES string of the molecule is Cc1ccc(C(C)C)c(OPOCc2ccccc2OPOc2cc(C)ccc2C(C)C)c1. The molecule has 0 heterocycles. The maximum Gasteiger partial charge on any atom is 0.275 e. The van der Waals surface area contributed by atoms with Gasteiger partial charge >= 0.3 is 0 Å². The number of hydrogen-bond donors (Lipinski definition) is 0. The zero-order valence-corrected chi connectivity index (χ0v) is 22.3. The minimum Gasteiger partial charge on any atom is -0.449 e. The van der Waals surface area contributed by atoms with Gasteiger partial charge in [-0.3, -0.25) is 0 Å². The lowest BCUT2D eigenvalue weighted by Crippen LogP contribution is -1.96. The van der Waals surface area contributed by atoms with Crippen LogP contribution in [-0.2, 0) is 11.1 Å². The summed E-state index contributed by atoms with van der Waals surface area (Å²) >= 11 is 0. The molecule has 0 saturated carbocycles. The molecule has 2 atom stereocenters. The Morgan fingerprint density at radius 1 is 0.636 bits per heavy atom. The van der Waals surface area contributed by atoms with E-state index in [4.69, 9.17) is 18.1 Å². The summed E-state index contributed by atoms with van der Waals surface area (Å²) in [6.07, 6.45) is 0. The Morgan fingerprint density at radius 3 is 1.73 bits per heavy atom. The van der Waals surface area contributed by atoms with Crippen molar-refractivity contribution in [1.82, 2.24) is 0 Å². The van der Waals surface area contributed by atoms with Crippen molar-refractivity contribution in [3.8, 4) is 17.2 Å². The summed E-state index contributed by atoms with van der Waals surface area (Å²) in [5.74, 6) is 3.31. The van der Waals surface area contributed by atoms with Crippen molar-refractivity contribution in [2.24, 2.45) is 0 Å². The van der Waals surface area contributed by atoms with Gasteiger partial charge in [0.15, 0.2) is 0 Å². The van der Waals surface area contributed by atoms with E-state index < -0.39 is 0 Å². The van der Waals surface area contributed by atoms with E-state index in [0.29, 0.717) is 18.4 Å². The summed E-state index contributed by atoms with van der Waals surface area (Å²) in [7, 11) is -0.233. The molecule has 33 heavy (non-hydrogen) atoms. The van der Waals surface area contributed by atoms with Crippen LogP contribution in [-0.4, -0.2) is 0 Å². The van der Waals surface area contributed by atoms with E-state index in [0.717, 1.165) is 22.8 Å². The minimum atomic E-state index is -0.139. The molecular formula is C27H34O4P2. The highest BCUT2D eigenvalue weighted by Gasteiger charge is 2.11. The Morgan fingerprint density at radius 2 is 1.15 bits per heavy atom. The molecule has 176 valence electrons. The van der Waals surface area contributed by atoms with Crippen LogP contribution in [0.2, 0.25) is 0 Å². The Balaban J connectivity index is 1.55. The minimum absolute atomic E-state index is 0.0938. The zero-order valence-electron chi connectivity index (χ0n) is 20.3. The molecule has 2 unspecified atom stereocenters. The van der Waals surface area contributed by atoms with Crippen molar-refractivity contribution in [2.45, 2.75) is 60.0 Å². The first-order chi connectivity index (χ1) is 15.8. The van der Waals surface area contributed by atoms with E-state index in [-0.39, 0.29) is 18.1 Å². The third-order valence-corrected chi connectivity index (χ3v) is 6.47. The molecule has 4 nitrogen and oxygen atoms in total. The molecule has 3 aromatic carbocycles. The molecule has 0 N–H and O–H groups in total. The third-order valence-electron chi connectivity index (χ3n) is 5.30. The lowest BCUT2D eigenvalue weighted by molar-refractivity contribution is 0.315. The summed E-state index contributed by atoms with van der Waals surface area (Å²) in [5, 5.41) is 0. The van der Waals surface area contributed by atoms with Crippen molar-refractivity contribution in [2.75, 3.05) is 0 Å². The smallest absolute Gasteiger partial charge is 0.275 e. The van der Waals surface area contributed by atoms with Crippen LogP contribution in [0.1, 0.15) is 67.3 Å². The van der Waals surface area contributed by atoms with E-state index in [1.807, 2.05) is 24.3 Å². The highest BCUT2D eigenvalue weighted by atomic mass is 31.1. The van der Waals surface area contributed by atoms with Crippen LogP contribution in [0.4, 0.5) is 0 Å². The molecule has 0 saturated heterocycles. The van der Waals surface area contributed by atoms with E-state index in [1.54, 1.807) is 0 Å². The van der Waals surface area contributed by atoms with Gasteiger partial charge < -0.3 is 18.1 Å². The summed E-state index contributed by atoms with van der Waals surface area (Å²) in [4.78, 5) is 0. The van der Waals surface area contributed by atoms with Gasteiger partial charge in [0.25, 0.3) is 9.03 Å². The van der Waals surface area contributed by atoms with Crippen LogP contribution in [0, 0.1) is 13.8 Å². The lowest BCUT2D eigenvalue weighted by Gasteiger charge is -2.16. The highest BCUT2D eigenvalue weighted by Crippen LogP contribution is 2.35. The molecule has 0 aliphatic rings. The largest absolute Gasteiger partial charge is 0.449 e. The molecule has 3 aromatic rings. The van der Waals surface area contributed by atoms with Gasteiger partial charge in [0.1, 0.15) is 17.2 Å². The predicted molar refractivity (Wildman–Crippen MR) is 140 cm³/mol. The van der Waals surface area contributed by atoms with E-state index in [2.05, 4.69) is 77.9 Å². The van der Waals surface area contributed by atoms with Crippen molar-refractivity contribution in [3.63, 3.8) is 0 Å². The number of hydrogen-bond acceptors (Lipinski definition) is 4. The second-order valence-corrected chi connectivity index (χ2v) is 10.00. The average molecular weight is 485 g/mol. The molecule has 0 radical (unpaired) electrons. The molecule has 0 aromatic heterocycles. The Kier molecular flexibility index (Phi) is 9.56. The monoisotopic (exact) mass is 484 g/mol. The fourth-order valence-corrected chi connectivity index (χ4v) is 4.57. The van der Waals surface area contributed by atoms with E-state index in [1.165, 1.54) is 22.3 Å². The maximum absolute atomic E-state index is 6.01. The summed E-state index contributed by atoms with van der Waals surface area (Å²) in [6, 6.07) is 20.5. The zero-order chi connectivity index (χ0) is 23.8. The standard InChI is InChI=1S/C27H34O4P2/c1-18(2)23-13-11-20(5)15-26(23)30-32-28-17-22-9-7-8-10-25(22)29-33-31-27-16-21(6)12-14-24(27)19(3)4/h7-16,18-19,32-33H,17H2,1-6H3. The lowest BCUT2D eigenvalue weighted by atomic mass is 10.0. The molecule has 0 aliphatic carbocycles. The normalized spacial score (nSPS) is 11.9. The van der Waals surface area contributed by atoms with E-state index >= 15 is 0 Å². The summed E-state index contributed by atoms with van der Waals surface area (Å²) in [6.45, 7) is 13.2. The van der Waals surface area contributed by atoms with Crippen LogP contribution in [0.5, 0.6) is 17.2 Å². The van der Waals surface area contributed by atoms with Gasteiger partial charge in [-0.25, -0.2) is 0 Å². The third kappa shape index (κ3) is 7.44. The first-order valence-electron chi connectivity index (χ1n) is 11.3. The molecule has 0 fully saturated rings. The molecule has 3 rings (SSSR count). The van der Waals surface area contributed by atoms with Crippen LogP contribution < -0.4 is 13.6 Å². The second kappa shape index (κ2) is 12.4. The molecule has 0 aliphatic heterocycles. The van der Waals surface area contributed by atoms with E-state index in [9.17, 15) is 0 Å². The molecule has 0 amide bonds. The number of rotatable bonds is 11. The van der Waals surface area contributed by atoms with Crippen LogP contribution in [0.25, 0.3) is 0 Å². The fraction of sp³-hybridized carbons (Fsp3) is 0.333. The van der Waals surface area contributed by atoms with Gasteiger partial charge in [0, 0.05) is 5.56 Å². The Bertz CT molecular complexity index is 1050. The Labute approximate surface area is 201 Å². The van der Waals surface area contributed by atoms with Crippen molar-refractivity contribution in [1.29, 1.82) is 0 Å².